The number of rotatable bonds is 4. The summed E-state index contributed by atoms with van der Waals surface area (Å²) in [5.74, 6) is -0.206. The predicted octanol–water partition coefficient (Wildman–Crippen LogP) is 0.795. The molecule has 3 N–H and O–H groups in total. The van der Waals surface area contributed by atoms with Gasteiger partial charge >= 0.3 is 0 Å². The highest BCUT2D eigenvalue weighted by Crippen LogP contribution is 2.57. The van der Waals surface area contributed by atoms with Gasteiger partial charge in [-0.3, -0.25) is 9.59 Å². The number of halogens is 1. The van der Waals surface area contributed by atoms with E-state index in [1.165, 1.54) is 13.0 Å². The van der Waals surface area contributed by atoms with Gasteiger partial charge < -0.3 is 16.0 Å². The van der Waals surface area contributed by atoms with Crippen molar-refractivity contribution in [3.8, 4) is 0 Å². The van der Waals surface area contributed by atoms with Crippen LogP contribution in [0.1, 0.15) is 36.8 Å². The molecule has 1 aromatic carbocycles. The van der Waals surface area contributed by atoms with Crippen molar-refractivity contribution in [1.82, 2.24) is 16.0 Å². The van der Waals surface area contributed by atoms with Gasteiger partial charge in [0.05, 0.1) is 5.92 Å². The maximum Gasteiger partial charge on any atom is 0.227 e. The van der Waals surface area contributed by atoms with Gasteiger partial charge in [0.15, 0.2) is 0 Å². The lowest BCUT2D eigenvalue weighted by Crippen LogP contribution is -2.37. The van der Waals surface area contributed by atoms with Gasteiger partial charge in [-0.2, -0.15) is 0 Å². The summed E-state index contributed by atoms with van der Waals surface area (Å²) in [7, 11) is 0. The summed E-state index contributed by atoms with van der Waals surface area (Å²) in [6.45, 7) is 3.67. The predicted molar refractivity (Wildman–Crippen MR) is 87.0 cm³/mol. The molecule has 1 saturated carbocycles. The van der Waals surface area contributed by atoms with Gasteiger partial charge in [-0.05, 0) is 42.5 Å². The Balaban J connectivity index is 1.50. The Morgan fingerprint density at radius 3 is 2.92 bits per heavy atom. The number of carbonyl (C=O) groups is 2. The zero-order valence-electron chi connectivity index (χ0n) is 13.7. The van der Waals surface area contributed by atoms with Crippen LogP contribution in [0.15, 0.2) is 18.2 Å². The van der Waals surface area contributed by atoms with E-state index in [4.69, 9.17) is 0 Å². The molecular formula is C18H22FN3O2. The van der Waals surface area contributed by atoms with E-state index in [9.17, 15) is 14.0 Å². The van der Waals surface area contributed by atoms with Crippen molar-refractivity contribution < 1.29 is 14.0 Å². The second-order valence-corrected chi connectivity index (χ2v) is 7.36. The zero-order valence-corrected chi connectivity index (χ0v) is 13.7. The fraction of sp³-hybridized carbons (Fsp3) is 0.556. The third kappa shape index (κ3) is 2.49. The molecule has 2 amide bonds. The molecule has 2 heterocycles. The maximum atomic E-state index is 14.7. The lowest BCUT2D eigenvalue weighted by molar-refractivity contribution is -0.121. The Bertz CT molecular complexity index is 708. The van der Waals surface area contributed by atoms with Gasteiger partial charge in [-0.15, -0.1) is 0 Å². The minimum Gasteiger partial charge on any atom is -0.354 e. The van der Waals surface area contributed by atoms with E-state index in [1.54, 1.807) is 0 Å². The number of amides is 2. The molecule has 4 rings (SSSR count). The first kappa shape index (κ1) is 15.6. The standard InChI is InChI=1S/C18H22FN3O2/c1-10(23)21-8-13-5-14(17(24)22-13)11-2-3-15(16(19)4-11)18-6-12(18)7-20-9-18/h2-4,12-14,20H,5-9H2,1H3,(H,21,23)(H,22,24)/t12?,13-,14?,18?/m0/s1. The molecule has 2 saturated heterocycles. The lowest BCUT2D eigenvalue weighted by Gasteiger charge is -2.16. The molecule has 5 nitrogen and oxygen atoms in total. The maximum absolute atomic E-state index is 14.7. The normalized spacial score (nSPS) is 33.9. The fourth-order valence-corrected chi connectivity index (χ4v) is 4.35. The van der Waals surface area contributed by atoms with Gasteiger partial charge in [-0.25, -0.2) is 4.39 Å². The Morgan fingerprint density at radius 2 is 2.29 bits per heavy atom. The monoisotopic (exact) mass is 331 g/mol. The molecule has 0 radical (unpaired) electrons. The molecule has 2 aliphatic heterocycles. The number of nitrogens with one attached hydrogen (secondary N) is 3. The lowest BCUT2D eigenvalue weighted by atomic mass is 9.89. The van der Waals surface area contributed by atoms with Gasteiger partial charge in [0, 0.05) is 31.5 Å². The third-order valence-corrected chi connectivity index (χ3v) is 5.78. The van der Waals surface area contributed by atoms with Crippen LogP contribution in [-0.4, -0.2) is 37.5 Å². The summed E-state index contributed by atoms with van der Waals surface area (Å²) in [5, 5.41) is 8.92. The Labute approximate surface area is 140 Å². The van der Waals surface area contributed by atoms with Gasteiger partial charge in [-0.1, -0.05) is 12.1 Å². The molecule has 1 aromatic rings. The smallest absolute Gasteiger partial charge is 0.227 e. The quantitative estimate of drug-likeness (QED) is 0.764. The minimum atomic E-state index is -0.346. The number of hydrogen-bond donors (Lipinski definition) is 3. The summed E-state index contributed by atoms with van der Waals surface area (Å²) in [4.78, 5) is 23.2. The molecule has 4 atom stereocenters. The minimum absolute atomic E-state index is 0.0194. The van der Waals surface area contributed by atoms with E-state index in [1.807, 2.05) is 12.1 Å². The van der Waals surface area contributed by atoms with Gasteiger partial charge in [0.2, 0.25) is 11.8 Å². The average Bonchev–Trinajstić information content (AvgIpc) is 2.89. The van der Waals surface area contributed by atoms with E-state index in [2.05, 4.69) is 16.0 Å². The van der Waals surface area contributed by atoms with Crippen LogP contribution in [0.3, 0.4) is 0 Å². The van der Waals surface area contributed by atoms with Crippen LogP contribution >= 0.6 is 0 Å². The number of carbonyl (C=O) groups excluding carboxylic acids is 2. The molecule has 0 aromatic heterocycles. The second-order valence-electron chi connectivity index (χ2n) is 7.36. The summed E-state index contributed by atoms with van der Waals surface area (Å²) >= 11 is 0. The SMILES string of the molecule is CC(=O)NC[C@@H]1CC(c2ccc(C34CNCC3C4)c(F)c2)C(=O)N1. The number of fused-ring (bicyclic) bond motifs is 1. The Morgan fingerprint density at radius 1 is 1.46 bits per heavy atom. The number of piperidine rings is 1. The van der Waals surface area contributed by atoms with Crippen molar-refractivity contribution >= 4 is 11.8 Å². The van der Waals surface area contributed by atoms with Gasteiger partial charge in [0.25, 0.3) is 0 Å². The number of hydrogen-bond acceptors (Lipinski definition) is 3. The van der Waals surface area contributed by atoms with E-state index in [-0.39, 0.29) is 35.0 Å². The van der Waals surface area contributed by atoms with Crippen molar-refractivity contribution in [2.75, 3.05) is 19.6 Å². The molecule has 128 valence electrons. The average molecular weight is 331 g/mol. The highest BCUT2D eigenvalue weighted by molar-refractivity contribution is 5.86. The molecule has 3 fully saturated rings. The second kappa shape index (κ2) is 5.55. The van der Waals surface area contributed by atoms with E-state index >= 15 is 0 Å². The summed E-state index contributed by atoms with van der Waals surface area (Å²) < 4.78 is 14.7. The van der Waals surface area contributed by atoms with Gasteiger partial charge in [0.1, 0.15) is 5.82 Å². The van der Waals surface area contributed by atoms with E-state index < -0.39 is 0 Å². The highest BCUT2D eigenvalue weighted by Gasteiger charge is 2.59. The van der Waals surface area contributed by atoms with Crippen LogP contribution in [0.4, 0.5) is 4.39 Å². The molecular weight excluding hydrogens is 309 g/mol. The zero-order chi connectivity index (χ0) is 16.9. The molecule has 6 heteroatoms. The molecule has 0 spiro atoms. The van der Waals surface area contributed by atoms with Crippen LogP contribution < -0.4 is 16.0 Å². The summed E-state index contributed by atoms with van der Waals surface area (Å²) in [6, 6.07) is 5.19. The van der Waals surface area contributed by atoms with E-state index in [0.29, 0.717) is 18.9 Å². The largest absolute Gasteiger partial charge is 0.354 e. The summed E-state index contributed by atoms with van der Waals surface area (Å²) in [5.41, 5.74) is 1.49. The Hall–Kier alpha value is -1.95. The number of benzene rings is 1. The van der Waals surface area contributed by atoms with Crippen LogP contribution in [0.5, 0.6) is 0 Å². The molecule has 1 aliphatic carbocycles. The van der Waals surface area contributed by atoms with Crippen LogP contribution in [0.25, 0.3) is 0 Å². The first-order valence-corrected chi connectivity index (χ1v) is 8.55. The van der Waals surface area contributed by atoms with Crippen molar-refractivity contribution in [2.45, 2.75) is 37.1 Å². The van der Waals surface area contributed by atoms with Crippen molar-refractivity contribution in [3.05, 3.63) is 35.1 Å². The van der Waals surface area contributed by atoms with Crippen LogP contribution in [-0.2, 0) is 15.0 Å². The first-order chi connectivity index (χ1) is 11.5. The Kier molecular flexibility index (Phi) is 3.60. The van der Waals surface area contributed by atoms with E-state index in [0.717, 1.165) is 30.6 Å². The van der Waals surface area contributed by atoms with Crippen molar-refractivity contribution in [1.29, 1.82) is 0 Å². The topological polar surface area (TPSA) is 70.2 Å². The molecule has 24 heavy (non-hydrogen) atoms. The summed E-state index contributed by atoms with van der Waals surface area (Å²) in [6.07, 6.45) is 1.63. The first-order valence-electron chi connectivity index (χ1n) is 8.55. The molecule has 3 aliphatic rings. The van der Waals surface area contributed by atoms with Crippen molar-refractivity contribution in [2.24, 2.45) is 5.92 Å². The van der Waals surface area contributed by atoms with Crippen molar-refractivity contribution in [3.63, 3.8) is 0 Å². The van der Waals surface area contributed by atoms with Crippen LogP contribution in [0, 0.1) is 11.7 Å². The fourth-order valence-electron chi connectivity index (χ4n) is 4.35. The highest BCUT2D eigenvalue weighted by atomic mass is 19.1. The van der Waals surface area contributed by atoms with Crippen LogP contribution in [0.2, 0.25) is 0 Å². The molecule has 0 bridgehead atoms. The molecule has 3 unspecified atom stereocenters. The third-order valence-electron chi connectivity index (χ3n) is 5.78.